The van der Waals surface area contributed by atoms with Crippen LogP contribution in [0.2, 0.25) is 0 Å². The molecule has 0 aliphatic rings. The standard InChI is InChI=1S/C11H14BrN3/c1-7(13-2)8-5-4-6-9-10(8)15(3)14-11(9)12/h4-7,13H,1-3H3. The fourth-order valence-electron chi connectivity index (χ4n) is 1.83. The van der Waals surface area contributed by atoms with Crippen molar-refractivity contribution in [3.63, 3.8) is 0 Å². The van der Waals surface area contributed by atoms with Crippen molar-refractivity contribution < 1.29 is 0 Å². The second-order valence-electron chi connectivity index (χ2n) is 3.67. The average molecular weight is 268 g/mol. The van der Waals surface area contributed by atoms with Crippen molar-refractivity contribution in [2.45, 2.75) is 13.0 Å². The fraction of sp³-hybridized carbons (Fsp3) is 0.364. The third kappa shape index (κ3) is 1.68. The predicted octanol–water partition coefficient (Wildman–Crippen LogP) is 2.62. The van der Waals surface area contributed by atoms with E-state index in [1.165, 1.54) is 11.1 Å². The summed E-state index contributed by atoms with van der Waals surface area (Å²) in [6, 6.07) is 6.62. The Morgan fingerprint density at radius 3 is 2.87 bits per heavy atom. The third-order valence-corrected chi connectivity index (χ3v) is 3.34. The molecule has 0 bridgehead atoms. The topological polar surface area (TPSA) is 29.9 Å². The van der Waals surface area contributed by atoms with Crippen LogP contribution in [0.4, 0.5) is 0 Å². The number of rotatable bonds is 2. The number of aromatic nitrogens is 2. The number of para-hydroxylation sites is 1. The number of hydrogen-bond donors (Lipinski definition) is 1. The van der Waals surface area contributed by atoms with Crippen molar-refractivity contribution in [2.24, 2.45) is 7.05 Å². The highest BCUT2D eigenvalue weighted by molar-refractivity contribution is 9.10. The molecule has 0 fully saturated rings. The first-order valence-electron chi connectivity index (χ1n) is 4.93. The molecular formula is C11H14BrN3. The number of aryl methyl sites for hydroxylation is 1. The first-order valence-corrected chi connectivity index (χ1v) is 5.73. The summed E-state index contributed by atoms with van der Waals surface area (Å²) < 4.78 is 2.83. The Morgan fingerprint density at radius 2 is 2.20 bits per heavy atom. The fourth-order valence-corrected chi connectivity index (χ4v) is 2.39. The van der Waals surface area contributed by atoms with Gasteiger partial charge in [0.15, 0.2) is 0 Å². The van der Waals surface area contributed by atoms with Gasteiger partial charge in [0.2, 0.25) is 0 Å². The summed E-state index contributed by atoms with van der Waals surface area (Å²) in [6.45, 7) is 2.15. The Hall–Kier alpha value is -0.870. The maximum absolute atomic E-state index is 4.37. The van der Waals surface area contributed by atoms with Crippen molar-refractivity contribution in [1.29, 1.82) is 0 Å². The molecule has 0 saturated carbocycles. The zero-order valence-corrected chi connectivity index (χ0v) is 10.7. The van der Waals surface area contributed by atoms with Crippen LogP contribution in [0.15, 0.2) is 22.8 Å². The largest absolute Gasteiger partial charge is 0.313 e. The monoisotopic (exact) mass is 267 g/mol. The van der Waals surface area contributed by atoms with Gasteiger partial charge in [-0.05, 0) is 35.5 Å². The molecule has 15 heavy (non-hydrogen) atoms. The van der Waals surface area contributed by atoms with E-state index in [0.717, 1.165) is 9.99 Å². The third-order valence-electron chi connectivity index (χ3n) is 2.75. The van der Waals surface area contributed by atoms with E-state index in [2.05, 4.69) is 51.5 Å². The Morgan fingerprint density at radius 1 is 1.47 bits per heavy atom. The van der Waals surface area contributed by atoms with Crippen LogP contribution in [0.3, 0.4) is 0 Å². The maximum Gasteiger partial charge on any atom is 0.135 e. The van der Waals surface area contributed by atoms with Gasteiger partial charge >= 0.3 is 0 Å². The Labute approximate surface area is 97.6 Å². The summed E-state index contributed by atoms with van der Waals surface area (Å²) in [4.78, 5) is 0. The van der Waals surface area contributed by atoms with Crippen molar-refractivity contribution in [1.82, 2.24) is 15.1 Å². The van der Waals surface area contributed by atoms with Gasteiger partial charge in [0.05, 0.1) is 5.52 Å². The number of nitrogens with one attached hydrogen (secondary N) is 1. The molecule has 2 rings (SSSR count). The number of hydrogen-bond acceptors (Lipinski definition) is 2. The van der Waals surface area contributed by atoms with Crippen LogP contribution in [0.1, 0.15) is 18.5 Å². The normalized spacial score (nSPS) is 13.3. The van der Waals surface area contributed by atoms with Gasteiger partial charge in [-0.15, -0.1) is 0 Å². The number of fused-ring (bicyclic) bond motifs is 1. The van der Waals surface area contributed by atoms with Gasteiger partial charge in [-0.25, -0.2) is 0 Å². The first-order chi connectivity index (χ1) is 7.15. The Bertz CT molecular complexity index is 490. The van der Waals surface area contributed by atoms with Crippen molar-refractivity contribution >= 4 is 26.8 Å². The highest BCUT2D eigenvalue weighted by atomic mass is 79.9. The molecule has 1 heterocycles. The van der Waals surface area contributed by atoms with Crippen LogP contribution in [-0.2, 0) is 7.05 Å². The molecule has 1 aromatic carbocycles. The van der Waals surface area contributed by atoms with Gasteiger partial charge in [-0.3, -0.25) is 4.68 Å². The lowest BCUT2D eigenvalue weighted by Crippen LogP contribution is -2.13. The van der Waals surface area contributed by atoms with Gasteiger partial charge in [0.25, 0.3) is 0 Å². The molecule has 0 aliphatic heterocycles. The second-order valence-corrected chi connectivity index (χ2v) is 4.42. The van der Waals surface area contributed by atoms with E-state index < -0.39 is 0 Å². The lowest BCUT2D eigenvalue weighted by molar-refractivity contribution is 0.650. The van der Waals surface area contributed by atoms with Crippen LogP contribution >= 0.6 is 15.9 Å². The van der Waals surface area contributed by atoms with E-state index in [0.29, 0.717) is 6.04 Å². The van der Waals surface area contributed by atoms with E-state index in [1.807, 2.05) is 18.8 Å². The predicted molar refractivity (Wildman–Crippen MR) is 65.9 cm³/mol. The van der Waals surface area contributed by atoms with E-state index in [-0.39, 0.29) is 0 Å². The number of halogens is 1. The lowest BCUT2D eigenvalue weighted by atomic mass is 10.1. The van der Waals surface area contributed by atoms with Gasteiger partial charge in [-0.1, -0.05) is 18.2 Å². The van der Waals surface area contributed by atoms with E-state index >= 15 is 0 Å². The minimum Gasteiger partial charge on any atom is -0.313 e. The minimum atomic E-state index is 0.330. The van der Waals surface area contributed by atoms with Crippen LogP contribution in [0.5, 0.6) is 0 Å². The SMILES string of the molecule is CNC(C)c1cccc2c(Br)nn(C)c12. The molecule has 0 spiro atoms. The molecule has 0 aliphatic carbocycles. The van der Waals surface area contributed by atoms with E-state index in [4.69, 9.17) is 0 Å². The van der Waals surface area contributed by atoms with Gasteiger partial charge in [0, 0.05) is 18.5 Å². The van der Waals surface area contributed by atoms with Gasteiger partial charge in [-0.2, -0.15) is 5.10 Å². The second kappa shape index (κ2) is 3.94. The smallest absolute Gasteiger partial charge is 0.135 e. The van der Waals surface area contributed by atoms with Gasteiger partial charge in [0.1, 0.15) is 4.60 Å². The highest BCUT2D eigenvalue weighted by Gasteiger charge is 2.13. The zero-order valence-electron chi connectivity index (χ0n) is 9.08. The Balaban J connectivity index is 2.75. The number of nitrogens with zero attached hydrogens (tertiary/aromatic N) is 2. The molecule has 0 amide bonds. The zero-order chi connectivity index (χ0) is 11.0. The maximum atomic E-state index is 4.37. The van der Waals surface area contributed by atoms with Crippen LogP contribution in [0.25, 0.3) is 10.9 Å². The molecule has 4 heteroatoms. The molecular weight excluding hydrogens is 254 g/mol. The van der Waals surface area contributed by atoms with Crippen molar-refractivity contribution in [3.8, 4) is 0 Å². The summed E-state index contributed by atoms with van der Waals surface area (Å²) >= 11 is 3.47. The lowest BCUT2D eigenvalue weighted by Gasteiger charge is -2.12. The van der Waals surface area contributed by atoms with E-state index in [1.54, 1.807) is 0 Å². The van der Waals surface area contributed by atoms with E-state index in [9.17, 15) is 0 Å². The molecule has 0 radical (unpaired) electrons. The molecule has 1 N–H and O–H groups in total. The molecule has 1 unspecified atom stereocenters. The number of benzene rings is 1. The molecule has 80 valence electrons. The summed E-state index contributed by atoms with van der Waals surface area (Å²) in [6.07, 6.45) is 0. The van der Waals surface area contributed by atoms with Crippen molar-refractivity contribution in [3.05, 3.63) is 28.4 Å². The summed E-state index contributed by atoms with van der Waals surface area (Å²) in [7, 11) is 3.94. The Kier molecular flexibility index (Phi) is 2.80. The highest BCUT2D eigenvalue weighted by Crippen LogP contribution is 2.28. The summed E-state index contributed by atoms with van der Waals surface area (Å²) in [5.74, 6) is 0. The molecule has 1 aromatic heterocycles. The van der Waals surface area contributed by atoms with Crippen LogP contribution < -0.4 is 5.32 Å². The van der Waals surface area contributed by atoms with Crippen LogP contribution in [0, 0.1) is 0 Å². The summed E-state index contributed by atoms with van der Waals surface area (Å²) in [5.41, 5.74) is 2.46. The molecule has 2 aromatic rings. The van der Waals surface area contributed by atoms with Crippen molar-refractivity contribution in [2.75, 3.05) is 7.05 Å². The van der Waals surface area contributed by atoms with Gasteiger partial charge < -0.3 is 5.32 Å². The molecule has 3 nitrogen and oxygen atoms in total. The quantitative estimate of drug-likeness (QED) is 0.907. The molecule has 0 saturated heterocycles. The summed E-state index contributed by atoms with van der Waals surface area (Å²) in [5, 5.41) is 8.79. The molecule has 1 atom stereocenters. The average Bonchev–Trinajstić information content (AvgIpc) is 2.54. The van der Waals surface area contributed by atoms with Crippen LogP contribution in [-0.4, -0.2) is 16.8 Å². The first kappa shape index (κ1) is 10.6. The minimum absolute atomic E-state index is 0.330.